The monoisotopic (exact) mass is 396 g/mol. The van der Waals surface area contributed by atoms with Crippen molar-refractivity contribution in [3.63, 3.8) is 0 Å². The predicted molar refractivity (Wildman–Crippen MR) is 105 cm³/mol. The Balaban J connectivity index is 1.69. The normalized spacial score (nSPS) is 11.0. The van der Waals surface area contributed by atoms with Crippen LogP contribution >= 0.6 is 46.3 Å². The molecule has 2 aromatic carbocycles. The summed E-state index contributed by atoms with van der Waals surface area (Å²) in [5.41, 5.74) is 1.58. The van der Waals surface area contributed by atoms with Gasteiger partial charge in [0.05, 0.1) is 21.2 Å². The smallest absolute Gasteiger partial charge is 0.230 e. The first-order chi connectivity index (χ1) is 11.6. The molecular weight excluding hydrogens is 383 g/mol. The molecule has 0 aliphatic carbocycles. The number of hydrogen-bond donors (Lipinski definition) is 1. The van der Waals surface area contributed by atoms with Crippen molar-refractivity contribution in [2.45, 2.75) is 18.2 Å². The Morgan fingerprint density at radius 1 is 1.21 bits per heavy atom. The predicted octanol–water partition coefficient (Wildman–Crippen LogP) is 5.90. The van der Waals surface area contributed by atoms with Crippen LogP contribution in [0.1, 0.15) is 12.5 Å². The second-order valence-corrected chi connectivity index (χ2v) is 8.18. The van der Waals surface area contributed by atoms with Crippen molar-refractivity contribution in [1.82, 2.24) is 4.98 Å². The van der Waals surface area contributed by atoms with Crippen LogP contribution in [0.25, 0.3) is 10.2 Å². The van der Waals surface area contributed by atoms with E-state index in [-0.39, 0.29) is 5.91 Å². The van der Waals surface area contributed by atoms with E-state index in [2.05, 4.69) is 17.2 Å². The van der Waals surface area contributed by atoms with Gasteiger partial charge in [-0.3, -0.25) is 4.79 Å². The standard InChI is InChI=1S/C17H14Cl2N2OS2/c1-2-23-11-5-3-10(4-6-11)9-14(22)20-17-21-16-13(24-17)8-7-12(18)15(16)19/h3-8H,2,9H2,1H3,(H,20,21,22). The molecule has 3 rings (SSSR count). The molecule has 0 saturated carbocycles. The van der Waals surface area contributed by atoms with Gasteiger partial charge in [-0.15, -0.1) is 11.8 Å². The molecule has 0 aliphatic rings. The first kappa shape index (κ1) is 17.5. The summed E-state index contributed by atoms with van der Waals surface area (Å²) < 4.78 is 0.889. The number of fused-ring (bicyclic) bond motifs is 1. The molecule has 3 aromatic rings. The maximum Gasteiger partial charge on any atom is 0.230 e. The molecule has 3 nitrogen and oxygen atoms in total. The maximum absolute atomic E-state index is 12.2. The van der Waals surface area contributed by atoms with E-state index in [4.69, 9.17) is 23.2 Å². The van der Waals surface area contributed by atoms with Gasteiger partial charge in [0.15, 0.2) is 5.13 Å². The highest BCUT2D eigenvalue weighted by molar-refractivity contribution is 7.99. The van der Waals surface area contributed by atoms with Gasteiger partial charge in [-0.05, 0) is 35.6 Å². The molecule has 0 bridgehead atoms. The van der Waals surface area contributed by atoms with Gasteiger partial charge in [-0.25, -0.2) is 4.98 Å². The lowest BCUT2D eigenvalue weighted by Gasteiger charge is -2.03. The zero-order valence-corrected chi connectivity index (χ0v) is 16.0. The molecule has 24 heavy (non-hydrogen) atoms. The molecule has 0 saturated heterocycles. The van der Waals surface area contributed by atoms with E-state index in [9.17, 15) is 4.79 Å². The van der Waals surface area contributed by atoms with E-state index in [1.54, 1.807) is 17.8 Å². The van der Waals surface area contributed by atoms with Crippen LogP contribution in [0.15, 0.2) is 41.3 Å². The number of benzene rings is 2. The van der Waals surface area contributed by atoms with Crippen molar-refractivity contribution in [3.05, 3.63) is 52.0 Å². The zero-order chi connectivity index (χ0) is 17.1. The highest BCUT2D eigenvalue weighted by Crippen LogP contribution is 2.35. The molecule has 1 amide bonds. The summed E-state index contributed by atoms with van der Waals surface area (Å²) in [6, 6.07) is 11.6. The lowest BCUT2D eigenvalue weighted by molar-refractivity contribution is -0.115. The van der Waals surface area contributed by atoms with Crippen LogP contribution in [0, 0.1) is 0 Å². The quantitative estimate of drug-likeness (QED) is 0.546. The second-order valence-electron chi connectivity index (χ2n) is 5.03. The van der Waals surface area contributed by atoms with Crippen LogP contribution in [0.5, 0.6) is 0 Å². The number of aromatic nitrogens is 1. The number of halogens is 2. The van der Waals surface area contributed by atoms with Gasteiger partial charge in [-0.2, -0.15) is 0 Å². The third-order valence-corrected chi connectivity index (χ3v) is 5.92. The number of thioether (sulfide) groups is 1. The number of nitrogens with one attached hydrogen (secondary N) is 1. The van der Waals surface area contributed by atoms with Gasteiger partial charge in [-0.1, -0.05) is 53.6 Å². The molecule has 1 N–H and O–H groups in total. The van der Waals surface area contributed by atoms with E-state index in [1.807, 2.05) is 30.3 Å². The van der Waals surface area contributed by atoms with Crippen LogP contribution in [-0.2, 0) is 11.2 Å². The highest BCUT2D eigenvalue weighted by Gasteiger charge is 2.12. The molecule has 124 valence electrons. The van der Waals surface area contributed by atoms with E-state index >= 15 is 0 Å². The Bertz CT molecular complexity index is 878. The van der Waals surface area contributed by atoms with E-state index in [1.165, 1.54) is 16.2 Å². The summed E-state index contributed by atoms with van der Waals surface area (Å²) >= 11 is 15.3. The minimum atomic E-state index is -0.104. The van der Waals surface area contributed by atoms with Gasteiger partial charge in [0.1, 0.15) is 5.52 Å². The molecule has 0 unspecified atom stereocenters. The molecule has 0 spiro atoms. The number of carbonyl (C=O) groups is 1. The number of carbonyl (C=O) groups excluding carboxylic acids is 1. The van der Waals surface area contributed by atoms with Gasteiger partial charge >= 0.3 is 0 Å². The summed E-state index contributed by atoms with van der Waals surface area (Å²) in [6.07, 6.45) is 0.307. The number of amides is 1. The highest BCUT2D eigenvalue weighted by atomic mass is 35.5. The zero-order valence-electron chi connectivity index (χ0n) is 12.8. The van der Waals surface area contributed by atoms with Crippen LogP contribution in [-0.4, -0.2) is 16.6 Å². The van der Waals surface area contributed by atoms with Crippen LogP contribution < -0.4 is 5.32 Å². The van der Waals surface area contributed by atoms with Crippen LogP contribution in [0.4, 0.5) is 5.13 Å². The Kier molecular flexibility index (Phi) is 5.66. The van der Waals surface area contributed by atoms with Crippen LogP contribution in [0.3, 0.4) is 0 Å². The first-order valence-corrected chi connectivity index (χ1v) is 9.88. The third-order valence-electron chi connectivity index (χ3n) is 3.30. The average Bonchev–Trinajstić information content (AvgIpc) is 2.96. The fraction of sp³-hybridized carbons (Fsp3) is 0.176. The lowest BCUT2D eigenvalue weighted by atomic mass is 10.1. The second kappa shape index (κ2) is 7.74. The van der Waals surface area contributed by atoms with E-state index in [0.717, 1.165) is 16.0 Å². The lowest BCUT2D eigenvalue weighted by Crippen LogP contribution is -2.14. The first-order valence-electron chi connectivity index (χ1n) is 7.33. The van der Waals surface area contributed by atoms with Gasteiger partial charge in [0, 0.05) is 4.90 Å². The molecule has 1 heterocycles. The number of rotatable bonds is 5. The largest absolute Gasteiger partial charge is 0.302 e. The average molecular weight is 397 g/mol. The molecule has 0 atom stereocenters. The third kappa shape index (κ3) is 4.03. The molecule has 0 radical (unpaired) electrons. The molecule has 7 heteroatoms. The van der Waals surface area contributed by atoms with Gasteiger partial charge in [0.25, 0.3) is 0 Å². The van der Waals surface area contributed by atoms with E-state index in [0.29, 0.717) is 27.1 Å². The summed E-state index contributed by atoms with van der Waals surface area (Å²) in [7, 11) is 0. The molecule has 0 aliphatic heterocycles. The van der Waals surface area contributed by atoms with Crippen molar-refractivity contribution in [2.75, 3.05) is 11.1 Å². The molecule has 0 fully saturated rings. The minimum Gasteiger partial charge on any atom is -0.302 e. The Labute approximate surface area is 158 Å². The number of anilines is 1. The van der Waals surface area contributed by atoms with Crippen LogP contribution in [0.2, 0.25) is 10.0 Å². The summed E-state index contributed by atoms with van der Waals surface area (Å²) in [5.74, 6) is 0.927. The topological polar surface area (TPSA) is 42.0 Å². The Morgan fingerprint density at radius 3 is 2.67 bits per heavy atom. The van der Waals surface area contributed by atoms with Crippen molar-refractivity contribution in [2.24, 2.45) is 0 Å². The van der Waals surface area contributed by atoms with Crippen molar-refractivity contribution < 1.29 is 4.79 Å². The fourth-order valence-corrected chi connectivity index (χ4v) is 4.18. The SMILES string of the molecule is CCSc1ccc(CC(=O)Nc2nc3c(Cl)c(Cl)ccc3s2)cc1. The maximum atomic E-state index is 12.2. The number of hydrogen-bond acceptors (Lipinski definition) is 4. The summed E-state index contributed by atoms with van der Waals surface area (Å²) in [6.45, 7) is 2.11. The Hall–Kier alpha value is -1.27. The summed E-state index contributed by atoms with van der Waals surface area (Å²) in [5, 5.41) is 4.22. The Morgan fingerprint density at radius 2 is 1.96 bits per heavy atom. The van der Waals surface area contributed by atoms with Crippen molar-refractivity contribution in [3.8, 4) is 0 Å². The number of nitrogens with zero attached hydrogens (tertiary/aromatic N) is 1. The van der Waals surface area contributed by atoms with Crippen molar-refractivity contribution in [1.29, 1.82) is 0 Å². The minimum absolute atomic E-state index is 0.104. The summed E-state index contributed by atoms with van der Waals surface area (Å²) in [4.78, 5) is 17.8. The van der Waals surface area contributed by atoms with Crippen molar-refractivity contribution >= 4 is 67.6 Å². The number of thiazole rings is 1. The van der Waals surface area contributed by atoms with Gasteiger partial charge in [0.2, 0.25) is 5.91 Å². The molecular formula is C17H14Cl2N2OS2. The fourth-order valence-electron chi connectivity index (χ4n) is 2.21. The molecule has 1 aromatic heterocycles. The van der Waals surface area contributed by atoms with E-state index < -0.39 is 0 Å². The van der Waals surface area contributed by atoms with Gasteiger partial charge < -0.3 is 5.32 Å².